The van der Waals surface area contributed by atoms with Gasteiger partial charge in [0.1, 0.15) is 25.8 Å². The zero-order chi connectivity index (χ0) is 10.6. The standard InChI is InChI=1S/C6H12O6/c7-1-3(9)5(11)6(12)4(10)2-8/h1,3-6,8-12H,2H2/t3-,4-,5-,6+/m1/s1/i1+1D. The van der Waals surface area contributed by atoms with Gasteiger partial charge >= 0.3 is 0 Å². The highest BCUT2D eigenvalue weighted by molar-refractivity contribution is 5.56. The third-order valence-corrected chi connectivity index (χ3v) is 1.38. The van der Waals surface area contributed by atoms with Crippen LogP contribution in [-0.2, 0) is 4.79 Å². The van der Waals surface area contributed by atoms with Crippen molar-refractivity contribution < 1.29 is 31.7 Å². The van der Waals surface area contributed by atoms with Gasteiger partial charge in [-0.15, -0.1) is 0 Å². The van der Waals surface area contributed by atoms with E-state index in [2.05, 4.69) is 0 Å². The van der Waals surface area contributed by atoms with Crippen molar-refractivity contribution in [1.82, 2.24) is 0 Å². The van der Waals surface area contributed by atoms with Crippen LogP contribution in [0.4, 0.5) is 0 Å². The van der Waals surface area contributed by atoms with Gasteiger partial charge in [0, 0.05) is 0 Å². The summed E-state index contributed by atoms with van der Waals surface area (Å²) in [6, 6.07) is 0. The summed E-state index contributed by atoms with van der Waals surface area (Å²) in [6.07, 6.45) is -9.07. The molecule has 0 unspecified atom stereocenters. The number of hydrogen-bond donors (Lipinski definition) is 5. The maximum Gasteiger partial charge on any atom is 0.151 e. The lowest BCUT2D eigenvalue weighted by Gasteiger charge is -2.22. The van der Waals surface area contributed by atoms with Crippen LogP contribution in [0.2, 0.25) is 0 Å². The summed E-state index contributed by atoms with van der Waals surface area (Å²) in [4.78, 5) is 10.2. The largest absolute Gasteiger partial charge is 0.394 e. The second-order valence-electron chi connectivity index (χ2n) is 2.29. The highest BCUT2D eigenvalue weighted by atomic mass is 16.4. The molecule has 0 bridgehead atoms. The van der Waals surface area contributed by atoms with Gasteiger partial charge in [0.05, 0.1) is 6.61 Å². The van der Waals surface area contributed by atoms with Crippen molar-refractivity contribution in [2.75, 3.05) is 6.61 Å². The zero-order valence-electron chi connectivity index (χ0n) is 7.16. The number of aliphatic hydroxyl groups excluding tert-OH is 5. The Balaban J connectivity index is 4.24. The lowest BCUT2D eigenvalue weighted by atomic mass is 10.1. The summed E-state index contributed by atoms with van der Waals surface area (Å²) in [6.45, 7) is -0.822. The summed E-state index contributed by atoms with van der Waals surface area (Å²) in [5.74, 6) is 0. The molecule has 0 aliphatic rings. The first-order valence-corrected chi connectivity index (χ1v) is 3.25. The molecule has 6 nitrogen and oxygen atoms in total. The van der Waals surface area contributed by atoms with Crippen molar-refractivity contribution in [1.29, 1.82) is 0 Å². The molecule has 0 spiro atoms. The highest BCUT2D eigenvalue weighted by Gasteiger charge is 2.29. The van der Waals surface area contributed by atoms with Gasteiger partial charge in [-0.05, 0) is 0 Å². The molecule has 4 atom stereocenters. The van der Waals surface area contributed by atoms with E-state index in [0.717, 1.165) is 0 Å². The van der Waals surface area contributed by atoms with Crippen molar-refractivity contribution in [3.05, 3.63) is 0 Å². The van der Waals surface area contributed by atoms with Crippen molar-refractivity contribution in [3.8, 4) is 0 Å². The van der Waals surface area contributed by atoms with Crippen LogP contribution in [0.5, 0.6) is 0 Å². The molecule has 0 aromatic heterocycles. The van der Waals surface area contributed by atoms with Gasteiger partial charge in [0.15, 0.2) is 6.26 Å². The van der Waals surface area contributed by atoms with Crippen LogP contribution in [0.1, 0.15) is 1.37 Å². The third kappa shape index (κ3) is 2.84. The average Bonchev–Trinajstić information content (AvgIpc) is 2.12. The minimum atomic E-state index is -2.09. The highest BCUT2D eigenvalue weighted by Crippen LogP contribution is 2.02. The Morgan fingerprint density at radius 3 is 2.08 bits per heavy atom. The van der Waals surface area contributed by atoms with Crippen LogP contribution < -0.4 is 0 Å². The number of rotatable bonds is 5. The van der Waals surface area contributed by atoms with E-state index in [1.165, 1.54) is 0 Å². The molecule has 5 N–H and O–H groups in total. The van der Waals surface area contributed by atoms with Gasteiger partial charge < -0.3 is 30.3 Å². The molecule has 0 aromatic rings. The number of carbonyl (C=O) groups excluding carboxylic acids is 1. The van der Waals surface area contributed by atoms with Gasteiger partial charge in [-0.3, -0.25) is 0 Å². The Labute approximate surface area is 70.1 Å². The first kappa shape index (κ1) is 9.56. The fourth-order valence-corrected chi connectivity index (χ4v) is 0.592. The summed E-state index contributed by atoms with van der Waals surface area (Å²) < 4.78 is 6.40. The first-order valence-electron chi connectivity index (χ1n) is 3.75. The van der Waals surface area contributed by atoms with Crippen molar-refractivity contribution >= 4 is 6.26 Å². The molecule has 0 amide bonds. The second kappa shape index (κ2) is 5.18. The van der Waals surface area contributed by atoms with E-state index in [1.54, 1.807) is 0 Å². The van der Waals surface area contributed by atoms with Crippen LogP contribution in [0.3, 0.4) is 0 Å². The normalized spacial score (nSPS) is 22.2. The summed E-state index contributed by atoms with van der Waals surface area (Å²) >= 11 is 0. The summed E-state index contributed by atoms with van der Waals surface area (Å²) in [5, 5.41) is 43.8. The Bertz CT molecular complexity index is 175. The van der Waals surface area contributed by atoms with E-state index in [9.17, 15) is 4.79 Å². The molecule has 0 saturated carbocycles. The van der Waals surface area contributed by atoms with E-state index in [4.69, 9.17) is 26.9 Å². The summed E-state index contributed by atoms with van der Waals surface area (Å²) in [7, 11) is 0. The predicted octanol–water partition coefficient (Wildman–Crippen LogP) is -3.38. The molecule has 0 saturated heterocycles. The van der Waals surface area contributed by atoms with E-state index in [0.29, 0.717) is 0 Å². The predicted molar refractivity (Wildman–Crippen MR) is 37.2 cm³/mol. The van der Waals surface area contributed by atoms with Crippen LogP contribution in [0.15, 0.2) is 0 Å². The number of aldehydes is 1. The van der Waals surface area contributed by atoms with E-state index >= 15 is 0 Å². The zero-order valence-corrected chi connectivity index (χ0v) is 6.16. The van der Waals surface area contributed by atoms with Crippen LogP contribution in [0.25, 0.3) is 0 Å². The second-order valence-corrected chi connectivity index (χ2v) is 2.29. The molecule has 12 heavy (non-hydrogen) atoms. The number of hydrogen-bond acceptors (Lipinski definition) is 6. The molecule has 0 radical (unpaired) electrons. The van der Waals surface area contributed by atoms with Crippen molar-refractivity contribution in [2.45, 2.75) is 24.4 Å². The van der Waals surface area contributed by atoms with Crippen molar-refractivity contribution in [3.63, 3.8) is 0 Å². The SMILES string of the molecule is [2H][13C](=O)[C@@H](O)[C@@H](O)[C@@H](O)[C@H](O)CO. The lowest BCUT2D eigenvalue weighted by Crippen LogP contribution is -2.46. The Morgan fingerprint density at radius 1 is 1.25 bits per heavy atom. The molecule has 0 rings (SSSR count). The molecule has 0 fully saturated rings. The quantitative estimate of drug-likeness (QED) is 0.223. The van der Waals surface area contributed by atoms with E-state index < -0.39 is 37.3 Å². The minimum Gasteiger partial charge on any atom is -0.394 e. The minimum absolute atomic E-state index is 0.822. The smallest absolute Gasteiger partial charge is 0.151 e. The average molecular weight is 182 g/mol. The number of carbonyl (C=O) groups is 1. The maximum atomic E-state index is 10.2. The van der Waals surface area contributed by atoms with E-state index in [-0.39, 0.29) is 0 Å². The van der Waals surface area contributed by atoms with Crippen LogP contribution >= 0.6 is 0 Å². The van der Waals surface area contributed by atoms with Crippen LogP contribution in [-0.4, -0.2) is 62.8 Å². The molecular weight excluding hydrogens is 169 g/mol. The molecule has 0 aliphatic heterocycles. The number of aliphatic hydroxyl groups is 5. The maximum absolute atomic E-state index is 10.2. The summed E-state index contributed by atoms with van der Waals surface area (Å²) in [5.41, 5.74) is 0. The van der Waals surface area contributed by atoms with Crippen LogP contribution in [0, 0.1) is 0 Å². The lowest BCUT2D eigenvalue weighted by molar-refractivity contribution is -0.136. The monoisotopic (exact) mass is 182 g/mol. The third-order valence-electron chi connectivity index (χ3n) is 1.38. The Kier molecular flexibility index (Phi) is 4.12. The van der Waals surface area contributed by atoms with E-state index in [1.807, 2.05) is 0 Å². The Hall–Kier alpha value is -0.530. The van der Waals surface area contributed by atoms with Gasteiger partial charge in [0.2, 0.25) is 0 Å². The molecule has 0 heterocycles. The molecule has 0 aliphatic carbocycles. The van der Waals surface area contributed by atoms with Gasteiger partial charge in [-0.25, -0.2) is 0 Å². The first-order chi connectivity index (χ1) is 5.91. The van der Waals surface area contributed by atoms with Gasteiger partial charge in [-0.1, -0.05) is 0 Å². The fraction of sp³-hybridized carbons (Fsp3) is 0.833. The fourth-order valence-electron chi connectivity index (χ4n) is 0.592. The molecular formula is C6H12O6. The van der Waals surface area contributed by atoms with Crippen molar-refractivity contribution in [2.24, 2.45) is 0 Å². The van der Waals surface area contributed by atoms with Gasteiger partial charge in [0.25, 0.3) is 0 Å². The molecule has 6 heteroatoms. The Morgan fingerprint density at radius 2 is 1.75 bits per heavy atom. The topological polar surface area (TPSA) is 118 Å². The molecule has 0 aromatic carbocycles. The van der Waals surface area contributed by atoms with Gasteiger partial charge in [-0.2, -0.15) is 0 Å². The molecule has 72 valence electrons.